The topological polar surface area (TPSA) is 68.0 Å². The molecule has 1 aromatic carbocycles. The number of nitrogens with zero attached hydrogens (tertiary/aromatic N) is 1. The SMILES string of the molecule is NCC#Cc1ccc(C(=O)NCc2ccccn2)cc1. The number of rotatable bonds is 3. The zero-order chi connectivity index (χ0) is 14.2. The second-order valence-corrected chi connectivity index (χ2v) is 4.09. The van der Waals surface area contributed by atoms with Gasteiger partial charge in [0.25, 0.3) is 5.91 Å². The zero-order valence-electron chi connectivity index (χ0n) is 11.0. The van der Waals surface area contributed by atoms with Crippen molar-refractivity contribution >= 4 is 5.91 Å². The molecule has 4 heteroatoms. The molecule has 0 spiro atoms. The number of amides is 1. The largest absolute Gasteiger partial charge is 0.346 e. The number of aromatic nitrogens is 1. The Bertz CT molecular complexity index is 624. The third kappa shape index (κ3) is 3.94. The molecule has 0 saturated carbocycles. The van der Waals surface area contributed by atoms with Crippen LogP contribution in [0.1, 0.15) is 21.6 Å². The summed E-state index contributed by atoms with van der Waals surface area (Å²) >= 11 is 0. The van der Waals surface area contributed by atoms with Gasteiger partial charge in [0, 0.05) is 17.3 Å². The van der Waals surface area contributed by atoms with Gasteiger partial charge in [0.05, 0.1) is 18.8 Å². The molecule has 1 heterocycles. The van der Waals surface area contributed by atoms with Gasteiger partial charge in [-0.05, 0) is 36.4 Å². The summed E-state index contributed by atoms with van der Waals surface area (Å²) in [5.74, 6) is 5.55. The van der Waals surface area contributed by atoms with Crippen LogP contribution in [0.3, 0.4) is 0 Å². The van der Waals surface area contributed by atoms with Crippen molar-refractivity contribution in [2.45, 2.75) is 6.54 Å². The lowest BCUT2D eigenvalue weighted by molar-refractivity contribution is 0.0950. The summed E-state index contributed by atoms with van der Waals surface area (Å²) in [6.07, 6.45) is 1.70. The molecule has 20 heavy (non-hydrogen) atoms. The maximum Gasteiger partial charge on any atom is 0.251 e. The molecule has 0 saturated heterocycles. The van der Waals surface area contributed by atoms with Gasteiger partial charge in [-0.2, -0.15) is 0 Å². The van der Waals surface area contributed by atoms with E-state index in [-0.39, 0.29) is 5.91 Å². The van der Waals surface area contributed by atoms with E-state index in [0.717, 1.165) is 11.3 Å². The number of pyridine rings is 1. The zero-order valence-corrected chi connectivity index (χ0v) is 11.0. The normalized spacial score (nSPS) is 9.45. The fraction of sp³-hybridized carbons (Fsp3) is 0.125. The highest BCUT2D eigenvalue weighted by atomic mass is 16.1. The van der Waals surface area contributed by atoms with Crippen molar-refractivity contribution in [3.05, 3.63) is 65.5 Å². The van der Waals surface area contributed by atoms with Crippen molar-refractivity contribution in [3.63, 3.8) is 0 Å². The van der Waals surface area contributed by atoms with Crippen LogP contribution in [-0.2, 0) is 6.54 Å². The lowest BCUT2D eigenvalue weighted by Gasteiger charge is -2.04. The molecule has 1 amide bonds. The smallest absolute Gasteiger partial charge is 0.251 e. The Balaban J connectivity index is 1.96. The Morgan fingerprint density at radius 3 is 2.65 bits per heavy atom. The van der Waals surface area contributed by atoms with Crippen LogP contribution in [0, 0.1) is 11.8 Å². The minimum Gasteiger partial charge on any atom is -0.346 e. The summed E-state index contributed by atoms with van der Waals surface area (Å²) < 4.78 is 0. The van der Waals surface area contributed by atoms with E-state index in [0.29, 0.717) is 18.7 Å². The van der Waals surface area contributed by atoms with Gasteiger partial charge in [0.2, 0.25) is 0 Å². The fourth-order valence-corrected chi connectivity index (χ4v) is 1.63. The molecule has 0 atom stereocenters. The van der Waals surface area contributed by atoms with Crippen LogP contribution in [0.2, 0.25) is 0 Å². The lowest BCUT2D eigenvalue weighted by Crippen LogP contribution is -2.23. The first-order chi connectivity index (χ1) is 9.79. The summed E-state index contributed by atoms with van der Waals surface area (Å²) in [7, 11) is 0. The highest BCUT2D eigenvalue weighted by Crippen LogP contribution is 2.04. The number of benzene rings is 1. The molecule has 1 aromatic heterocycles. The molecule has 0 aliphatic heterocycles. The molecular formula is C16H15N3O. The molecular weight excluding hydrogens is 250 g/mol. The summed E-state index contributed by atoms with van der Waals surface area (Å²) in [6.45, 7) is 0.737. The van der Waals surface area contributed by atoms with Crippen molar-refractivity contribution in [2.24, 2.45) is 5.73 Å². The third-order valence-corrected chi connectivity index (χ3v) is 2.64. The minimum absolute atomic E-state index is 0.131. The molecule has 2 aromatic rings. The number of hydrogen-bond donors (Lipinski definition) is 2. The van der Waals surface area contributed by atoms with E-state index in [4.69, 9.17) is 5.73 Å². The summed E-state index contributed by atoms with van der Waals surface area (Å²) in [4.78, 5) is 16.1. The van der Waals surface area contributed by atoms with Gasteiger partial charge >= 0.3 is 0 Å². The summed E-state index contributed by atoms with van der Waals surface area (Å²) in [6, 6.07) is 12.7. The average molecular weight is 265 g/mol. The first kappa shape index (κ1) is 13.8. The standard InChI is InChI=1S/C16H15N3O/c17-10-3-4-13-6-8-14(9-7-13)16(20)19-12-15-5-1-2-11-18-15/h1-2,5-9,11H,10,12,17H2,(H,19,20). The van der Waals surface area contributed by atoms with Crippen LogP contribution in [0.5, 0.6) is 0 Å². The van der Waals surface area contributed by atoms with Gasteiger partial charge < -0.3 is 11.1 Å². The van der Waals surface area contributed by atoms with Crippen molar-refractivity contribution < 1.29 is 4.79 Å². The van der Waals surface area contributed by atoms with E-state index in [1.54, 1.807) is 30.5 Å². The molecule has 0 fully saturated rings. The second-order valence-electron chi connectivity index (χ2n) is 4.09. The average Bonchev–Trinajstić information content (AvgIpc) is 2.52. The van der Waals surface area contributed by atoms with Gasteiger partial charge in [-0.1, -0.05) is 17.9 Å². The van der Waals surface area contributed by atoms with E-state index in [2.05, 4.69) is 22.1 Å². The molecule has 4 nitrogen and oxygen atoms in total. The highest BCUT2D eigenvalue weighted by molar-refractivity contribution is 5.94. The highest BCUT2D eigenvalue weighted by Gasteiger charge is 2.04. The van der Waals surface area contributed by atoms with Crippen LogP contribution in [-0.4, -0.2) is 17.4 Å². The van der Waals surface area contributed by atoms with E-state index in [1.165, 1.54) is 0 Å². The molecule has 100 valence electrons. The van der Waals surface area contributed by atoms with Gasteiger partial charge in [0.1, 0.15) is 0 Å². The van der Waals surface area contributed by atoms with Crippen LogP contribution in [0.15, 0.2) is 48.7 Å². The Morgan fingerprint density at radius 2 is 2.00 bits per heavy atom. The first-order valence-corrected chi connectivity index (χ1v) is 6.26. The number of carbonyl (C=O) groups is 1. The molecule has 0 unspecified atom stereocenters. The number of hydrogen-bond acceptors (Lipinski definition) is 3. The van der Waals surface area contributed by atoms with Gasteiger partial charge in [0.15, 0.2) is 0 Å². The van der Waals surface area contributed by atoms with Gasteiger partial charge in [-0.25, -0.2) is 0 Å². The number of nitrogens with one attached hydrogen (secondary N) is 1. The molecule has 2 rings (SSSR count). The first-order valence-electron chi connectivity index (χ1n) is 6.26. The van der Waals surface area contributed by atoms with Crippen molar-refractivity contribution in [1.29, 1.82) is 0 Å². The number of carbonyl (C=O) groups excluding carboxylic acids is 1. The minimum atomic E-state index is -0.131. The van der Waals surface area contributed by atoms with Crippen LogP contribution in [0.25, 0.3) is 0 Å². The van der Waals surface area contributed by atoms with E-state index < -0.39 is 0 Å². The molecule has 0 bridgehead atoms. The van der Waals surface area contributed by atoms with Gasteiger partial charge in [-0.3, -0.25) is 9.78 Å². The van der Waals surface area contributed by atoms with Crippen LogP contribution in [0.4, 0.5) is 0 Å². The monoisotopic (exact) mass is 265 g/mol. The Kier molecular flexibility index (Phi) is 4.87. The molecule has 0 aliphatic carbocycles. The van der Waals surface area contributed by atoms with Crippen molar-refractivity contribution in [3.8, 4) is 11.8 Å². The van der Waals surface area contributed by atoms with Crippen molar-refractivity contribution in [1.82, 2.24) is 10.3 Å². The van der Waals surface area contributed by atoms with E-state index >= 15 is 0 Å². The summed E-state index contributed by atoms with van der Waals surface area (Å²) in [5.41, 5.74) is 7.57. The predicted octanol–water partition coefficient (Wildman–Crippen LogP) is 1.32. The Morgan fingerprint density at radius 1 is 1.20 bits per heavy atom. The molecule has 0 aliphatic rings. The van der Waals surface area contributed by atoms with E-state index in [1.807, 2.05) is 18.2 Å². The third-order valence-electron chi connectivity index (χ3n) is 2.64. The fourth-order valence-electron chi connectivity index (χ4n) is 1.63. The quantitative estimate of drug-likeness (QED) is 0.822. The molecule has 0 radical (unpaired) electrons. The predicted molar refractivity (Wildman–Crippen MR) is 77.8 cm³/mol. The van der Waals surface area contributed by atoms with Crippen molar-refractivity contribution in [2.75, 3.05) is 6.54 Å². The Hall–Kier alpha value is -2.64. The van der Waals surface area contributed by atoms with E-state index in [9.17, 15) is 4.79 Å². The lowest BCUT2D eigenvalue weighted by atomic mass is 10.1. The van der Waals surface area contributed by atoms with Crippen LogP contribution >= 0.6 is 0 Å². The Labute approximate surface area is 118 Å². The summed E-state index contributed by atoms with van der Waals surface area (Å²) in [5, 5.41) is 2.82. The number of nitrogens with two attached hydrogens (primary N) is 1. The van der Waals surface area contributed by atoms with Crippen LogP contribution < -0.4 is 11.1 Å². The maximum absolute atomic E-state index is 11.9. The second kappa shape index (κ2) is 7.07. The van der Waals surface area contributed by atoms with Gasteiger partial charge in [-0.15, -0.1) is 0 Å². The maximum atomic E-state index is 11.9. The molecule has 3 N–H and O–H groups in total.